The smallest absolute Gasteiger partial charge is 0.270 e. The number of methoxy groups -OCH3 is 2. The van der Waals surface area contributed by atoms with Crippen molar-refractivity contribution in [1.29, 1.82) is 0 Å². The Morgan fingerprint density at radius 1 is 1.38 bits per heavy atom. The predicted molar refractivity (Wildman–Crippen MR) is 86.8 cm³/mol. The molecule has 0 saturated carbocycles. The number of benzene rings is 1. The van der Waals surface area contributed by atoms with Gasteiger partial charge in [0.2, 0.25) is 0 Å². The quantitative estimate of drug-likeness (QED) is 0.895. The summed E-state index contributed by atoms with van der Waals surface area (Å²) in [6.07, 6.45) is 0.898. The zero-order valence-electron chi connectivity index (χ0n) is 13.8. The summed E-state index contributed by atoms with van der Waals surface area (Å²) in [4.78, 5) is 17.2. The van der Waals surface area contributed by atoms with Crippen LogP contribution < -0.4 is 4.74 Å². The molecule has 1 amide bonds. The molecular weight excluding hydrogens is 315 g/mol. The zero-order valence-corrected chi connectivity index (χ0v) is 13.8. The molecule has 7 heteroatoms. The normalized spacial score (nSPS) is 17.2. The van der Waals surface area contributed by atoms with Gasteiger partial charge in [0.15, 0.2) is 0 Å². The summed E-state index contributed by atoms with van der Waals surface area (Å²) in [6.45, 7) is 1.10. The van der Waals surface area contributed by atoms with E-state index in [1.807, 2.05) is 0 Å². The molecule has 0 aliphatic carbocycles. The number of piperidine rings is 1. The maximum Gasteiger partial charge on any atom is 0.270 e. The van der Waals surface area contributed by atoms with Crippen LogP contribution in [0.25, 0.3) is 10.9 Å². The van der Waals surface area contributed by atoms with Gasteiger partial charge in [-0.15, -0.1) is 0 Å². The summed E-state index contributed by atoms with van der Waals surface area (Å²) in [6, 6.07) is 4.44. The number of hydrogen-bond donors (Lipinski definition) is 2. The first-order valence-electron chi connectivity index (χ1n) is 7.83. The van der Waals surface area contributed by atoms with E-state index in [1.54, 1.807) is 18.1 Å². The molecule has 1 aromatic carbocycles. The van der Waals surface area contributed by atoms with Crippen LogP contribution in [0.3, 0.4) is 0 Å². The highest BCUT2D eigenvalue weighted by atomic mass is 19.1. The maximum absolute atomic E-state index is 13.9. The van der Waals surface area contributed by atoms with Crippen LogP contribution in [-0.2, 0) is 4.74 Å². The van der Waals surface area contributed by atoms with Gasteiger partial charge in [-0.2, -0.15) is 0 Å². The van der Waals surface area contributed by atoms with Gasteiger partial charge in [-0.05, 0) is 31.0 Å². The predicted octanol–water partition coefficient (Wildman–Crippen LogP) is 1.93. The summed E-state index contributed by atoms with van der Waals surface area (Å²) >= 11 is 0. The number of H-pyrrole nitrogens is 1. The number of hydrogen-bond acceptors (Lipinski definition) is 4. The monoisotopic (exact) mass is 336 g/mol. The molecule has 1 aliphatic heterocycles. The molecule has 0 unspecified atom stereocenters. The van der Waals surface area contributed by atoms with Crippen LogP contribution in [-0.4, -0.2) is 60.4 Å². The van der Waals surface area contributed by atoms with Gasteiger partial charge in [-0.25, -0.2) is 4.39 Å². The van der Waals surface area contributed by atoms with Crippen molar-refractivity contribution in [3.8, 4) is 5.75 Å². The van der Waals surface area contributed by atoms with E-state index in [-0.39, 0.29) is 18.0 Å². The van der Waals surface area contributed by atoms with Crippen LogP contribution in [0.5, 0.6) is 5.75 Å². The Bertz CT molecular complexity index is 750. The highest BCUT2D eigenvalue weighted by Crippen LogP contribution is 2.30. The molecule has 0 radical (unpaired) electrons. The van der Waals surface area contributed by atoms with Gasteiger partial charge < -0.3 is 24.5 Å². The van der Waals surface area contributed by atoms with Gasteiger partial charge in [-0.1, -0.05) is 0 Å². The van der Waals surface area contributed by atoms with E-state index in [2.05, 4.69) is 4.98 Å². The van der Waals surface area contributed by atoms with E-state index in [1.165, 1.54) is 19.2 Å². The molecular formula is C17H21FN2O4. The SMILES string of the molecule is COCC1(O)CCN(C(=O)c2cc3c(OC)ccc(F)c3[nH]2)CC1. The Hall–Kier alpha value is -2.12. The van der Waals surface area contributed by atoms with Gasteiger partial charge in [0.25, 0.3) is 5.91 Å². The highest BCUT2D eigenvalue weighted by molar-refractivity contribution is 5.99. The fourth-order valence-corrected chi connectivity index (χ4v) is 3.16. The fourth-order valence-electron chi connectivity index (χ4n) is 3.16. The second kappa shape index (κ2) is 6.41. The Labute approximate surface area is 139 Å². The Balaban J connectivity index is 1.81. The molecule has 1 saturated heterocycles. The molecule has 2 aromatic rings. The van der Waals surface area contributed by atoms with E-state index < -0.39 is 11.4 Å². The van der Waals surface area contributed by atoms with Crippen molar-refractivity contribution < 1.29 is 23.8 Å². The Morgan fingerprint density at radius 3 is 2.71 bits per heavy atom. The van der Waals surface area contributed by atoms with Crippen LogP contribution in [0.2, 0.25) is 0 Å². The third-order valence-electron chi connectivity index (χ3n) is 4.55. The molecule has 0 bridgehead atoms. The number of fused-ring (bicyclic) bond motifs is 1. The molecule has 1 aromatic heterocycles. The van der Waals surface area contributed by atoms with Gasteiger partial charge in [0, 0.05) is 25.6 Å². The zero-order chi connectivity index (χ0) is 17.3. The molecule has 3 rings (SSSR count). The molecule has 1 aliphatic rings. The van der Waals surface area contributed by atoms with Crippen molar-refractivity contribution in [2.45, 2.75) is 18.4 Å². The number of carbonyl (C=O) groups excluding carboxylic acids is 1. The number of amides is 1. The number of aliphatic hydroxyl groups is 1. The van der Waals surface area contributed by atoms with E-state index in [0.717, 1.165) is 0 Å². The maximum atomic E-state index is 13.9. The van der Waals surface area contributed by atoms with Crippen LogP contribution in [0.1, 0.15) is 23.3 Å². The van der Waals surface area contributed by atoms with Gasteiger partial charge >= 0.3 is 0 Å². The molecule has 0 spiro atoms. The Morgan fingerprint density at radius 2 is 2.08 bits per heavy atom. The first-order chi connectivity index (χ1) is 11.5. The first-order valence-corrected chi connectivity index (χ1v) is 7.83. The summed E-state index contributed by atoms with van der Waals surface area (Å²) in [5.41, 5.74) is -0.322. The molecule has 2 N–H and O–H groups in total. The van der Waals surface area contributed by atoms with Gasteiger partial charge in [0.1, 0.15) is 17.3 Å². The average Bonchev–Trinajstić information content (AvgIpc) is 3.02. The van der Waals surface area contributed by atoms with E-state index in [4.69, 9.17) is 9.47 Å². The van der Waals surface area contributed by atoms with Gasteiger partial charge in [0.05, 0.1) is 24.8 Å². The van der Waals surface area contributed by atoms with Crippen molar-refractivity contribution in [2.75, 3.05) is 33.9 Å². The lowest BCUT2D eigenvalue weighted by Crippen LogP contribution is -2.48. The first kappa shape index (κ1) is 16.7. The third-order valence-corrected chi connectivity index (χ3v) is 4.55. The number of rotatable bonds is 4. The second-order valence-corrected chi connectivity index (χ2v) is 6.17. The number of likely N-dealkylation sites (tertiary alicyclic amines) is 1. The number of nitrogens with one attached hydrogen (secondary N) is 1. The van der Waals surface area contributed by atoms with Crippen LogP contribution in [0.4, 0.5) is 4.39 Å². The largest absolute Gasteiger partial charge is 0.496 e. The average molecular weight is 336 g/mol. The number of nitrogens with zero attached hydrogens (tertiary/aromatic N) is 1. The van der Waals surface area contributed by atoms with E-state index >= 15 is 0 Å². The molecule has 2 heterocycles. The van der Waals surface area contributed by atoms with E-state index in [0.29, 0.717) is 42.8 Å². The molecule has 0 atom stereocenters. The minimum absolute atomic E-state index is 0.216. The number of carbonyl (C=O) groups is 1. The lowest BCUT2D eigenvalue weighted by atomic mass is 9.92. The third kappa shape index (κ3) is 2.97. The lowest BCUT2D eigenvalue weighted by Gasteiger charge is -2.37. The molecule has 6 nitrogen and oxygen atoms in total. The Kier molecular flexibility index (Phi) is 4.47. The van der Waals surface area contributed by atoms with E-state index in [9.17, 15) is 14.3 Å². The number of aromatic amines is 1. The van der Waals surface area contributed by atoms with Crippen molar-refractivity contribution in [3.63, 3.8) is 0 Å². The van der Waals surface area contributed by atoms with Crippen molar-refractivity contribution in [2.24, 2.45) is 0 Å². The molecule has 1 fully saturated rings. The lowest BCUT2D eigenvalue weighted by molar-refractivity contribution is -0.0663. The minimum atomic E-state index is -0.888. The molecule has 130 valence electrons. The summed E-state index contributed by atoms with van der Waals surface area (Å²) < 4.78 is 24.2. The minimum Gasteiger partial charge on any atom is -0.496 e. The highest BCUT2D eigenvalue weighted by Gasteiger charge is 2.34. The fraction of sp³-hybridized carbons (Fsp3) is 0.471. The topological polar surface area (TPSA) is 74.8 Å². The second-order valence-electron chi connectivity index (χ2n) is 6.17. The van der Waals surface area contributed by atoms with Crippen LogP contribution in [0, 0.1) is 5.82 Å². The van der Waals surface area contributed by atoms with Crippen LogP contribution >= 0.6 is 0 Å². The number of ether oxygens (including phenoxy) is 2. The van der Waals surface area contributed by atoms with Crippen molar-refractivity contribution >= 4 is 16.8 Å². The standard InChI is InChI=1S/C17H21FN2O4/c1-23-10-17(22)5-7-20(8-6-17)16(21)13-9-11-14(24-2)4-3-12(18)15(11)19-13/h3-4,9,19,22H,5-8,10H2,1-2H3. The number of aromatic nitrogens is 1. The summed E-state index contributed by atoms with van der Waals surface area (Å²) in [5.74, 6) is -0.139. The van der Waals surface area contributed by atoms with Crippen LogP contribution in [0.15, 0.2) is 18.2 Å². The van der Waals surface area contributed by atoms with Crippen molar-refractivity contribution in [3.05, 3.63) is 29.7 Å². The number of halogens is 1. The van der Waals surface area contributed by atoms with Crippen molar-refractivity contribution in [1.82, 2.24) is 9.88 Å². The summed E-state index contributed by atoms with van der Waals surface area (Å²) in [7, 11) is 3.05. The molecule has 24 heavy (non-hydrogen) atoms. The van der Waals surface area contributed by atoms with Gasteiger partial charge in [-0.3, -0.25) is 4.79 Å². The summed E-state index contributed by atoms with van der Waals surface area (Å²) in [5, 5.41) is 10.9.